The molecule has 6 nitrogen and oxygen atoms in total. The van der Waals surface area contributed by atoms with Crippen LogP contribution in [-0.2, 0) is 0 Å². The molecule has 1 amide bonds. The van der Waals surface area contributed by atoms with E-state index in [0.29, 0.717) is 23.4 Å². The zero-order valence-electron chi connectivity index (χ0n) is 17.8. The summed E-state index contributed by atoms with van der Waals surface area (Å²) in [5.41, 5.74) is 5.12. The number of benzene rings is 3. The number of H-pyrrole nitrogens is 1. The van der Waals surface area contributed by atoms with E-state index in [1.165, 1.54) is 17.7 Å². The van der Waals surface area contributed by atoms with Crippen LogP contribution in [0.5, 0.6) is 0 Å². The van der Waals surface area contributed by atoms with Gasteiger partial charge in [0.1, 0.15) is 0 Å². The van der Waals surface area contributed by atoms with Crippen molar-refractivity contribution in [1.82, 2.24) is 10.3 Å². The summed E-state index contributed by atoms with van der Waals surface area (Å²) in [5.74, 6) is 0.366. The predicted molar refractivity (Wildman–Crippen MR) is 129 cm³/mol. The molecule has 1 heterocycles. The predicted octanol–water partition coefficient (Wildman–Crippen LogP) is 5.88. The third-order valence-corrected chi connectivity index (χ3v) is 6.50. The fraction of sp³-hybridized carbons (Fsp3) is 0.160. The van der Waals surface area contributed by atoms with Gasteiger partial charge in [0, 0.05) is 45.3 Å². The van der Waals surface area contributed by atoms with Gasteiger partial charge in [-0.05, 0) is 31.5 Å². The molecule has 4 aromatic rings. The van der Waals surface area contributed by atoms with Crippen LogP contribution >= 0.6 is 11.8 Å². The Balaban J connectivity index is 1.49. The number of carbonyl (C=O) groups is 1. The van der Waals surface area contributed by atoms with Crippen molar-refractivity contribution in [2.45, 2.75) is 18.7 Å². The molecule has 0 aliphatic heterocycles. The van der Waals surface area contributed by atoms with Crippen LogP contribution in [0.4, 0.5) is 5.69 Å². The Morgan fingerprint density at radius 3 is 2.53 bits per heavy atom. The van der Waals surface area contributed by atoms with Crippen LogP contribution in [0.15, 0.2) is 71.6 Å². The Hall–Kier alpha value is -3.58. The number of nitro groups is 1. The number of nitrogens with zero attached hydrogens (tertiary/aromatic N) is 1. The number of para-hydroxylation sites is 1. The van der Waals surface area contributed by atoms with Crippen LogP contribution in [0.3, 0.4) is 0 Å². The zero-order chi connectivity index (χ0) is 22.7. The summed E-state index contributed by atoms with van der Waals surface area (Å²) in [6.45, 7) is 4.11. The fourth-order valence-corrected chi connectivity index (χ4v) is 4.72. The highest BCUT2D eigenvalue weighted by Crippen LogP contribution is 2.37. The average molecular weight is 446 g/mol. The van der Waals surface area contributed by atoms with E-state index >= 15 is 0 Å². The van der Waals surface area contributed by atoms with Gasteiger partial charge < -0.3 is 10.3 Å². The molecule has 3 aromatic carbocycles. The highest BCUT2D eigenvalue weighted by molar-refractivity contribution is 7.99. The number of rotatable bonds is 7. The van der Waals surface area contributed by atoms with Gasteiger partial charge in [-0.15, -0.1) is 11.8 Å². The minimum absolute atomic E-state index is 0.0476. The number of hydrogen-bond acceptors (Lipinski definition) is 4. The molecular formula is C25H23N3O3S. The van der Waals surface area contributed by atoms with Crippen LogP contribution in [0.1, 0.15) is 21.5 Å². The van der Waals surface area contributed by atoms with Gasteiger partial charge in [0.2, 0.25) is 0 Å². The Bertz CT molecular complexity index is 1300. The monoisotopic (exact) mass is 445 g/mol. The number of amides is 1. The third-order valence-electron chi connectivity index (χ3n) is 5.38. The molecule has 0 saturated heterocycles. The van der Waals surface area contributed by atoms with Gasteiger partial charge in [0.05, 0.1) is 10.6 Å². The van der Waals surface area contributed by atoms with Crippen LogP contribution < -0.4 is 5.32 Å². The largest absolute Gasteiger partial charge is 0.354 e. The topological polar surface area (TPSA) is 88.0 Å². The standard InChI is InChI=1S/C25H23N3O3S/c1-16-10-12-18(13-11-16)23-24(20-6-3-4-8-21(20)27-23)32-15-14-26-25(29)19-7-5-9-22(17(19)2)28(30)31/h3-13,27H,14-15H2,1-2H3,(H,26,29). The van der Waals surface area contributed by atoms with Crippen molar-refractivity contribution in [1.29, 1.82) is 0 Å². The van der Waals surface area contributed by atoms with Gasteiger partial charge in [-0.3, -0.25) is 14.9 Å². The molecular weight excluding hydrogens is 422 g/mol. The summed E-state index contributed by atoms with van der Waals surface area (Å²) in [4.78, 5) is 27.9. The first-order valence-corrected chi connectivity index (χ1v) is 11.3. The lowest BCUT2D eigenvalue weighted by atomic mass is 10.1. The third kappa shape index (κ3) is 4.38. The molecule has 4 rings (SSSR count). The summed E-state index contributed by atoms with van der Waals surface area (Å²) in [7, 11) is 0. The summed E-state index contributed by atoms with van der Waals surface area (Å²) in [6.07, 6.45) is 0. The van der Waals surface area contributed by atoms with Gasteiger partial charge >= 0.3 is 0 Å². The summed E-state index contributed by atoms with van der Waals surface area (Å²) in [5, 5.41) is 15.2. The Labute approximate surface area is 190 Å². The number of nitrogens with one attached hydrogen (secondary N) is 2. The molecule has 0 fully saturated rings. The molecule has 32 heavy (non-hydrogen) atoms. The van der Waals surface area contributed by atoms with Gasteiger partial charge in [-0.25, -0.2) is 0 Å². The second-order valence-electron chi connectivity index (χ2n) is 7.55. The summed E-state index contributed by atoms with van der Waals surface area (Å²) >= 11 is 1.68. The van der Waals surface area contributed by atoms with E-state index in [-0.39, 0.29) is 11.6 Å². The van der Waals surface area contributed by atoms with E-state index in [2.05, 4.69) is 53.6 Å². The molecule has 2 N–H and O–H groups in total. The van der Waals surface area contributed by atoms with Crippen molar-refractivity contribution in [2.24, 2.45) is 0 Å². The number of hydrogen-bond donors (Lipinski definition) is 2. The first-order chi connectivity index (χ1) is 15.5. The first-order valence-electron chi connectivity index (χ1n) is 10.3. The lowest BCUT2D eigenvalue weighted by Crippen LogP contribution is -2.26. The second kappa shape index (κ2) is 9.28. The normalized spacial score (nSPS) is 10.9. The highest BCUT2D eigenvalue weighted by atomic mass is 32.2. The maximum Gasteiger partial charge on any atom is 0.273 e. The number of thioether (sulfide) groups is 1. The Morgan fingerprint density at radius 1 is 1.03 bits per heavy atom. The summed E-state index contributed by atoms with van der Waals surface area (Å²) in [6, 6.07) is 21.1. The van der Waals surface area contributed by atoms with E-state index in [9.17, 15) is 14.9 Å². The SMILES string of the molecule is Cc1ccc(-c2[nH]c3ccccc3c2SCCNC(=O)c2cccc([N+](=O)[O-])c2C)cc1. The van der Waals surface area contributed by atoms with E-state index < -0.39 is 4.92 Å². The Morgan fingerprint density at radius 2 is 1.78 bits per heavy atom. The molecule has 0 bridgehead atoms. The molecule has 162 valence electrons. The van der Waals surface area contributed by atoms with Crippen molar-refractivity contribution in [3.63, 3.8) is 0 Å². The number of aromatic nitrogens is 1. The second-order valence-corrected chi connectivity index (χ2v) is 8.66. The molecule has 0 radical (unpaired) electrons. The average Bonchev–Trinajstić information content (AvgIpc) is 3.15. The minimum atomic E-state index is -0.467. The molecule has 1 aromatic heterocycles. The molecule has 0 unspecified atom stereocenters. The van der Waals surface area contributed by atoms with E-state index in [4.69, 9.17) is 0 Å². The van der Waals surface area contributed by atoms with Gasteiger partial charge in [-0.1, -0.05) is 54.1 Å². The lowest BCUT2D eigenvalue weighted by Gasteiger charge is -2.09. The molecule has 0 aliphatic carbocycles. The van der Waals surface area contributed by atoms with Crippen molar-refractivity contribution in [3.8, 4) is 11.3 Å². The van der Waals surface area contributed by atoms with Crippen molar-refractivity contribution < 1.29 is 9.72 Å². The van der Waals surface area contributed by atoms with Crippen LogP contribution in [0, 0.1) is 24.0 Å². The quantitative estimate of drug-likeness (QED) is 0.161. The van der Waals surface area contributed by atoms with Crippen LogP contribution in [0.2, 0.25) is 0 Å². The first kappa shape index (κ1) is 21.6. The molecule has 0 spiro atoms. The zero-order valence-corrected chi connectivity index (χ0v) is 18.7. The number of aryl methyl sites for hydroxylation is 1. The molecule has 0 aliphatic rings. The Kier molecular flexibility index (Phi) is 6.28. The van der Waals surface area contributed by atoms with Crippen LogP contribution in [0.25, 0.3) is 22.2 Å². The number of aromatic amines is 1. The maximum absolute atomic E-state index is 12.6. The number of nitro benzene ring substituents is 1. The van der Waals surface area contributed by atoms with Crippen molar-refractivity contribution in [2.75, 3.05) is 12.3 Å². The van der Waals surface area contributed by atoms with Gasteiger partial charge in [0.15, 0.2) is 0 Å². The maximum atomic E-state index is 12.6. The van der Waals surface area contributed by atoms with E-state index in [0.717, 1.165) is 27.1 Å². The lowest BCUT2D eigenvalue weighted by molar-refractivity contribution is -0.385. The van der Waals surface area contributed by atoms with E-state index in [1.807, 2.05) is 12.1 Å². The minimum Gasteiger partial charge on any atom is -0.354 e. The molecule has 0 atom stereocenters. The van der Waals surface area contributed by atoms with Crippen molar-refractivity contribution in [3.05, 3.63) is 93.5 Å². The van der Waals surface area contributed by atoms with Gasteiger partial charge in [0.25, 0.3) is 11.6 Å². The van der Waals surface area contributed by atoms with E-state index in [1.54, 1.807) is 24.8 Å². The van der Waals surface area contributed by atoms with Gasteiger partial charge in [-0.2, -0.15) is 0 Å². The van der Waals surface area contributed by atoms with Crippen LogP contribution in [-0.4, -0.2) is 28.1 Å². The fourth-order valence-electron chi connectivity index (χ4n) is 3.67. The highest BCUT2D eigenvalue weighted by Gasteiger charge is 2.18. The number of carbonyl (C=O) groups excluding carboxylic acids is 1. The number of fused-ring (bicyclic) bond motifs is 1. The molecule has 0 saturated carbocycles. The smallest absolute Gasteiger partial charge is 0.273 e. The summed E-state index contributed by atoms with van der Waals surface area (Å²) < 4.78 is 0. The molecule has 7 heteroatoms. The van der Waals surface area contributed by atoms with Crippen molar-refractivity contribution >= 4 is 34.3 Å².